The molecule has 0 aromatic rings. The van der Waals surface area contributed by atoms with E-state index in [9.17, 15) is 19.2 Å². The molecule has 0 spiro atoms. The summed E-state index contributed by atoms with van der Waals surface area (Å²) in [6.45, 7) is 3.87. The summed E-state index contributed by atoms with van der Waals surface area (Å²) in [5.41, 5.74) is 0. The van der Waals surface area contributed by atoms with Crippen LogP contribution in [-0.4, -0.2) is 94.7 Å². The van der Waals surface area contributed by atoms with Gasteiger partial charge in [-0.2, -0.15) is 0 Å². The lowest BCUT2D eigenvalue weighted by Crippen LogP contribution is -2.32. The largest absolute Gasteiger partial charge is 0.379 e. The van der Waals surface area contributed by atoms with Gasteiger partial charge in [-0.1, -0.05) is 38.5 Å². The number of hydroxylamine groups is 2. The number of carbonyl (C=O) groups excluding carboxylic acids is 4. The van der Waals surface area contributed by atoms with E-state index in [1.165, 1.54) is 38.5 Å². The maximum atomic E-state index is 12.4. The Kier molecular flexibility index (Phi) is 17.8. The molecule has 1 heterocycles. The Balaban J connectivity index is 1.28. The molecule has 1 aliphatic heterocycles. The number of Topliss-reactive ketones (excluding diaryl/α,β-unsaturated/α-hetero) is 1. The second kappa shape index (κ2) is 21.0. The molecule has 218 valence electrons. The number of hydrogen-bond donors (Lipinski definition) is 0. The monoisotopic (exact) mass is 543 g/mol. The third-order valence-electron chi connectivity index (χ3n) is 6.44. The molecule has 0 bridgehead atoms. The molecule has 0 aromatic carbocycles. The minimum atomic E-state index is -0.692. The van der Waals surface area contributed by atoms with Crippen LogP contribution in [0.1, 0.15) is 77.0 Å². The molecule has 11 heteroatoms. The number of carbonyl (C=O) groups is 4. The maximum absolute atomic E-state index is 12.4. The Morgan fingerprint density at radius 2 is 0.974 bits per heavy atom. The van der Waals surface area contributed by atoms with Crippen LogP contribution in [0.4, 0.5) is 0 Å². The number of amides is 2. The molecule has 2 aliphatic rings. The van der Waals surface area contributed by atoms with Crippen molar-refractivity contribution in [1.29, 1.82) is 0 Å². The topological polar surface area (TPSA) is 127 Å². The van der Waals surface area contributed by atoms with Gasteiger partial charge < -0.3 is 28.5 Å². The van der Waals surface area contributed by atoms with E-state index in [-0.39, 0.29) is 31.8 Å². The van der Waals surface area contributed by atoms with E-state index in [0.717, 1.165) is 12.8 Å². The van der Waals surface area contributed by atoms with Crippen LogP contribution in [0.2, 0.25) is 0 Å². The highest BCUT2D eigenvalue weighted by atomic mass is 16.7. The Morgan fingerprint density at radius 3 is 1.45 bits per heavy atom. The molecule has 2 fully saturated rings. The zero-order valence-corrected chi connectivity index (χ0v) is 22.7. The molecule has 0 unspecified atom stereocenters. The highest BCUT2D eigenvalue weighted by Crippen LogP contribution is 2.23. The van der Waals surface area contributed by atoms with E-state index < -0.39 is 17.8 Å². The fraction of sp³-hybridized carbons (Fsp3) is 0.852. The number of imide groups is 1. The van der Waals surface area contributed by atoms with Gasteiger partial charge in [0.2, 0.25) is 0 Å². The summed E-state index contributed by atoms with van der Waals surface area (Å²) >= 11 is 0. The second-order valence-corrected chi connectivity index (χ2v) is 9.47. The standard InChI is InChI=1S/C27H45NO10/c29-24(23-7-5-3-1-2-4-6-8-23)11-13-33-15-17-35-19-21-37-22-20-36-18-16-34-14-12-27(32)38-28-25(30)9-10-26(28)31/h23H,1-22H2. The van der Waals surface area contributed by atoms with Crippen LogP contribution in [0.25, 0.3) is 0 Å². The zero-order valence-electron chi connectivity index (χ0n) is 22.7. The Bertz CT molecular complexity index is 675. The van der Waals surface area contributed by atoms with Crippen LogP contribution in [0.3, 0.4) is 0 Å². The summed E-state index contributed by atoms with van der Waals surface area (Å²) in [5.74, 6) is -1.13. The van der Waals surface area contributed by atoms with Gasteiger partial charge in [-0.05, 0) is 12.8 Å². The molecular weight excluding hydrogens is 498 g/mol. The van der Waals surface area contributed by atoms with Crippen LogP contribution in [0, 0.1) is 5.92 Å². The van der Waals surface area contributed by atoms with E-state index in [1.807, 2.05) is 0 Å². The van der Waals surface area contributed by atoms with Gasteiger partial charge in [0.15, 0.2) is 0 Å². The summed E-state index contributed by atoms with van der Waals surface area (Å²) in [7, 11) is 0. The fourth-order valence-electron chi connectivity index (χ4n) is 4.27. The summed E-state index contributed by atoms with van der Waals surface area (Å²) < 4.78 is 27.1. The minimum absolute atomic E-state index is 0.0655. The van der Waals surface area contributed by atoms with E-state index in [2.05, 4.69) is 0 Å². The smallest absolute Gasteiger partial charge is 0.335 e. The summed E-state index contributed by atoms with van der Waals surface area (Å²) in [4.78, 5) is 51.5. The molecule has 1 aliphatic carbocycles. The normalized spacial score (nSPS) is 17.3. The van der Waals surface area contributed by atoms with Crippen molar-refractivity contribution in [2.24, 2.45) is 5.92 Å². The van der Waals surface area contributed by atoms with Crippen LogP contribution in [-0.2, 0) is 47.7 Å². The third-order valence-corrected chi connectivity index (χ3v) is 6.44. The first-order chi connectivity index (χ1) is 18.6. The summed E-state index contributed by atoms with van der Waals surface area (Å²) in [6.07, 6.45) is 10.1. The molecule has 2 amide bonds. The fourth-order valence-corrected chi connectivity index (χ4v) is 4.27. The lowest BCUT2D eigenvalue weighted by molar-refractivity contribution is -0.198. The highest BCUT2D eigenvalue weighted by molar-refractivity contribution is 6.01. The molecular formula is C27H45NO10. The first-order valence-corrected chi connectivity index (χ1v) is 14.1. The highest BCUT2D eigenvalue weighted by Gasteiger charge is 2.32. The van der Waals surface area contributed by atoms with E-state index >= 15 is 0 Å². The molecule has 0 aromatic heterocycles. The van der Waals surface area contributed by atoms with Crippen molar-refractivity contribution in [3.05, 3.63) is 0 Å². The maximum Gasteiger partial charge on any atom is 0.335 e. The average molecular weight is 544 g/mol. The van der Waals surface area contributed by atoms with Crippen molar-refractivity contribution < 1.29 is 47.7 Å². The Labute approximate surface area is 225 Å². The van der Waals surface area contributed by atoms with E-state index in [4.69, 9.17) is 28.5 Å². The molecule has 0 radical (unpaired) electrons. The lowest BCUT2D eigenvalue weighted by Gasteiger charge is -2.14. The third kappa shape index (κ3) is 14.9. The van der Waals surface area contributed by atoms with Gasteiger partial charge in [-0.15, -0.1) is 5.06 Å². The van der Waals surface area contributed by atoms with Gasteiger partial charge in [0.1, 0.15) is 5.78 Å². The van der Waals surface area contributed by atoms with Gasteiger partial charge in [0, 0.05) is 25.2 Å². The van der Waals surface area contributed by atoms with Gasteiger partial charge in [-0.3, -0.25) is 14.4 Å². The number of nitrogens with zero attached hydrogens (tertiary/aromatic N) is 1. The van der Waals surface area contributed by atoms with Gasteiger partial charge in [0.25, 0.3) is 11.8 Å². The molecule has 0 atom stereocenters. The molecule has 2 rings (SSSR count). The zero-order chi connectivity index (χ0) is 27.3. The minimum Gasteiger partial charge on any atom is -0.379 e. The first-order valence-electron chi connectivity index (χ1n) is 14.1. The number of rotatable bonds is 20. The van der Waals surface area contributed by atoms with Crippen LogP contribution >= 0.6 is 0 Å². The Hall–Kier alpha value is -1.92. The summed E-state index contributed by atoms with van der Waals surface area (Å²) in [5, 5.41) is 0.523. The average Bonchev–Trinajstić information content (AvgIpc) is 3.29. The number of hydrogen-bond acceptors (Lipinski definition) is 10. The van der Waals surface area contributed by atoms with Crippen molar-refractivity contribution in [3.63, 3.8) is 0 Å². The van der Waals surface area contributed by atoms with Crippen molar-refractivity contribution in [2.45, 2.75) is 77.0 Å². The van der Waals surface area contributed by atoms with Gasteiger partial charge >= 0.3 is 5.97 Å². The predicted molar refractivity (Wildman–Crippen MR) is 136 cm³/mol. The van der Waals surface area contributed by atoms with Gasteiger partial charge in [0.05, 0.1) is 72.5 Å². The Morgan fingerprint density at radius 1 is 0.579 bits per heavy atom. The quantitative estimate of drug-likeness (QED) is 0.167. The second-order valence-electron chi connectivity index (χ2n) is 9.47. The van der Waals surface area contributed by atoms with Crippen molar-refractivity contribution in [2.75, 3.05) is 66.1 Å². The molecule has 1 saturated carbocycles. The number of ether oxygens (including phenoxy) is 5. The van der Waals surface area contributed by atoms with Crippen LogP contribution in [0.15, 0.2) is 0 Å². The van der Waals surface area contributed by atoms with Gasteiger partial charge in [-0.25, -0.2) is 4.79 Å². The van der Waals surface area contributed by atoms with Crippen molar-refractivity contribution in [1.82, 2.24) is 5.06 Å². The van der Waals surface area contributed by atoms with Crippen LogP contribution < -0.4 is 0 Å². The molecule has 0 N–H and O–H groups in total. The lowest BCUT2D eigenvalue weighted by atomic mass is 9.91. The van der Waals surface area contributed by atoms with Crippen molar-refractivity contribution >= 4 is 23.6 Å². The first kappa shape index (κ1) is 32.3. The van der Waals surface area contributed by atoms with E-state index in [0.29, 0.717) is 76.7 Å². The number of ketones is 1. The van der Waals surface area contributed by atoms with Crippen LogP contribution in [0.5, 0.6) is 0 Å². The molecule has 1 saturated heterocycles. The molecule has 11 nitrogen and oxygen atoms in total. The van der Waals surface area contributed by atoms with Crippen molar-refractivity contribution in [3.8, 4) is 0 Å². The summed E-state index contributed by atoms with van der Waals surface area (Å²) in [6, 6.07) is 0. The molecule has 38 heavy (non-hydrogen) atoms. The SMILES string of the molecule is O=C(CCOCCOCCOCCOCCOCCC(=O)C1CCCCCCCC1)ON1C(=O)CCC1=O. The predicted octanol–water partition coefficient (Wildman–Crippen LogP) is 2.78. The van der Waals surface area contributed by atoms with E-state index in [1.54, 1.807) is 0 Å².